The van der Waals surface area contributed by atoms with Crippen molar-refractivity contribution >= 4 is 76.0 Å². The lowest BCUT2D eigenvalue weighted by Gasteiger charge is -2.19. The quantitative estimate of drug-likeness (QED) is 0.316. The summed E-state index contributed by atoms with van der Waals surface area (Å²) in [5, 5.41) is 14.8. The number of benzene rings is 2. The minimum atomic E-state index is -1.12. The van der Waals surface area contributed by atoms with Crippen molar-refractivity contribution < 1.29 is 27.9 Å². The van der Waals surface area contributed by atoms with Gasteiger partial charge < -0.3 is 20.7 Å². The van der Waals surface area contributed by atoms with Gasteiger partial charge in [0, 0.05) is 30.1 Å². The van der Waals surface area contributed by atoms with Gasteiger partial charge in [0.15, 0.2) is 0 Å². The van der Waals surface area contributed by atoms with E-state index in [9.17, 15) is 27.9 Å². The van der Waals surface area contributed by atoms with Crippen LogP contribution in [0.3, 0.4) is 0 Å². The number of hydrogen-bond acceptors (Lipinski definition) is 3. The number of aliphatic hydroxyl groups is 1. The molecule has 4 rings (SSSR count). The van der Waals surface area contributed by atoms with Gasteiger partial charge in [0.2, 0.25) is 11.8 Å². The molecule has 4 N–H and O–H groups in total. The van der Waals surface area contributed by atoms with Crippen molar-refractivity contribution in [3.8, 4) is 11.3 Å². The van der Waals surface area contributed by atoms with Crippen LogP contribution < -0.4 is 32.5 Å². The number of nitrogens with one attached hydrogen (secondary N) is 3. The average molecular weight is 457 g/mol. The van der Waals surface area contributed by atoms with E-state index in [1.54, 1.807) is 0 Å². The molecule has 2 atom stereocenters. The van der Waals surface area contributed by atoms with Gasteiger partial charge in [-0.1, -0.05) is 21.9 Å². The fourth-order valence-electron chi connectivity index (χ4n) is 4.07. The number of fused-ring (bicyclic) bond motifs is 1. The largest absolute Gasteiger partial charge is 0.389 e. The average Bonchev–Trinajstić information content (AvgIpc) is 3.30. The van der Waals surface area contributed by atoms with Crippen LogP contribution in [0.15, 0.2) is 12.1 Å². The van der Waals surface area contributed by atoms with Crippen molar-refractivity contribution in [2.45, 2.75) is 25.0 Å². The number of aromatic nitrogens is 1. The molecule has 1 saturated heterocycles. The summed E-state index contributed by atoms with van der Waals surface area (Å²) in [6, 6.07) is 0.606. The molecule has 2 amide bonds. The molecule has 0 spiro atoms. The van der Waals surface area contributed by atoms with Crippen LogP contribution >= 0.6 is 0 Å². The monoisotopic (exact) mass is 457 g/mol. The number of halogens is 3. The second-order valence-corrected chi connectivity index (χ2v) is 7.99. The predicted octanol–water partition coefficient (Wildman–Crippen LogP) is -2.66. The van der Waals surface area contributed by atoms with Gasteiger partial charge in [-0.2, -0.15) is 0 Å². The molecule has 8 radical (unpaired) electrons. The van der Waals surface area contributed by atoms with Crippen molar-refractivity contribution in [2.24, 2.45) is 0 Å². The van der Waals surface area contributed by atoms with Crippen LogP contribution in [0.5, 0.6) is 0 Å². The zero-order valence-electron chi connectivity index (χ0n) is 17.6. The van der Waals surface area contributed by atoms with Crippen LogP contribution in [0.1, 0.15) is 12.0 Å². The van der Waals surface area contributed by atoms with Crippen molar-refractivity contribution in [3.05, 3.63) is 35.1 Å². The maximum atomic E-state index is 14.5. The number of amides is 2. The Morgan fingerprint density at radius 2 is 1.74 bits per heavy atom. The molecular formula is C21H14B4F3N3O3. The van der Waals surface area contributed by atoms with Crippen LogP contribution in [0.4, 0.5) is 13.2 Å². The Hall–Kier alpha value is -3.07. The second kappa shape index (κ2) is 8.94. The molecule has 1 fully saturated rings. The first-order chi connectivity index (χ1) is 16.0. The highest BCUT2D eigenvalue weighted by Crippen LogP contribution is 2.32. The predicted molar refractivity (Wildman–Crippen MR) is 124 cm³/mol. The normalized spacial score (nSPS) is 17.8. The van der Waals surface area contributed by atoms with Gasteiger partial charge in [0.25, 0.3) is 0 Å². The van der Waals surface area contributed by atoms with E-state index < -0.39 is 52.3 Å². The van der Waals surface area contributed by atoms with Crippen molar-refractivity contribution in [2.75, 3.05) is 6.54 Å². The first kappa shape index (κ1) is 24.1. The number of carbonyl (C=O) groups is 2. The number of hydrogen-bond donors (Lipinski definition) is 4. The van der Waals surface area contributed by atoms with E-state index >= 15 is 0 Å². The fraction of sp³-hybridized carbons (Fsp3) is 0.238. The third-order valence-corrected chi connectivity index (χ3v) is 5.85. The van der Waals surface area contributed by atoms with Gasteiger partial charge in [-0.3, -0.25) is 9.59 Å². The van der Waals surface area contributed by atoms with E-state index in [0.717, 1.165) is 6.07 Å². The molecule has 0 unspecified atom stereocenters. The van der Waals surface area contributed by atoms with Gasteiger partial charge in [-0.15, -0.1) is 0 Å². The van der Waals surface area contributed by atoms with E-state index in [0.29, 0.717) is 6.07 Å². The molecule has 3 aromatic rings. The maximum Gasteiger partial charge on any atom is 0.245 e. The molecule has 2 heterocycles. The molecule has 0 bridgehead atoms. The summed E-state index contributed by atoms with van der Waals surface area (Å²) >= 11 is 0. The van der Waals surface area contributed by atoms with Crippen LogP contribution in [0.25, 0.3) is 22.2 Å². The van der Waals surface area contributed by atoms with Crippen LogP contribution in [0.2, 0.25) is 0 Å². The summed E-state index contributed by atoms with van der Waals surface area (Å²) in [4.78, 5) is 27.0. The molecule has 2 aromatic carbocycles. The molecule has 1 aliphatic rings. The third kappa shape index (κ3) is 4.02. The van der Waals surface area contributed by atoms with E-state index in [1.165, 1.54) is 0 Å². The molecule has 1 aliphatic heterocycles. The lowest BCUT2D eigenvalue weighted by molar-refractivity contribution is -0.128. The Morgan fingerprint density at radius 1 is 1.09 bits per heavy atom. The van der Waals surface area contributed by atoms with Crippen molar-refractivity contribution in [3.63, 3.8) is 0 Å². The van der Waals surface area contributed by atoms with Gasteiger partial charge in [0.1, 0.15) is 61.0 Å². The van der Waals surface area contributed by atoms with Gasteiger partial charge in [0.05, 0.1) is 5.52 Å². The van der Waals surface area contributed by atoms with Gasteiger partial charge in [-0.05, 0) is 23.6 Å². The van der Waals surface area contributed by atoms with Crippen molar-refractivity contribution in [1.29, 1.82) is 0 Å². The minimum Gasteiger partial charge on any atom is -0.389 e. The maximum absolute atomic E-state index is 14.5. The summed E-state index contributed by atoms with van der Waals surface area (Å²) in [5.41, 5.74) is -1.29. The molecule has 0 saturated carbocycles. The van der Waals surface area contributed by atoms with Crippen LogP contribution in [-0.2, 0) is 16.0 Å². The zero-order valence-corrected chi connectivity index (χ0v) is 17.6. The summed E-state index contributed by atoms with van der Waals surface area (Å²) in [5.74, 6) is -3.93. The fourth-order valence-corrected chi connectivity index (χ4v) is 4.07. The van der Waals surface area contributed by atoms with Crippen LogP contribution in [0, 0.1) is 17.5 Å². The van der Waals surface area contributed by atoms with Crippen LogP contribution in [-0.4, -0.2) is 72.0 Å². The lowest BCUT2D eigenvalue weighted by Crippen LogP contribution is -2.46. The van der Waals surface area contributed by atoms with E-state index in [-0.39, 0.29) is 58.0 Å². The van der Waals surface area contributed by atoms with Crippen molar-refractivity contribution in [1.82, 2.24) is 15.6 Å². The topological polar surface area (TPSA) is 94.2 Å². The van der Waals surface area contributed by atoms with E-state index in [1.807, 2.05) is 0 Å². The molecule has 6 nitrogen and oxygen atoms in total. The summed E-state index contributed by atoms with van der Waals surface area (Å²) < 4.78 is 42.8. The molecule has 34 heavy (non-hydrogen) atoms. The summed E-state index contributed by atoms with van der Waals surface area (Å²) in [7, 11) is 23.4. The summed E-state index contributed by atoms with van der Waals surface area (Å²) in [6.07, 6.45) is -1.42. The minimum absolute atomic E-state index is 0.000888. The number of aromatic amines is 1. The SMILES string of the molecule is [B]c1c([B])c(-c2[nH]c3c(F)cc(F)cc3c2CCC(=O)N[C@@H]2C(=O)NC[C@H]2O)c([B])c([B])c1F. The Kier molecular flexibility index (Phi) is 6.33. The third-order valence-electron chi connectivity index (χ3n) is 5.85. The Bertz CT molecular complexity index is 1320. The van der Waals surface area contributed by atoms with Gasteiger partial charge >= 0.3 is 0 Å². The highest BCUT2D eigenvalue weighted by atomic mass is 19.1. The Labute approximate surface area is 197 Å². The Morgan fingerprint density at radius 3 is 2.32 bits per heavy atom. The number of carbonyl (C=O) groups excluding carboxylic acids is 2. The number of rotatable bonds is 5. The number of aryl methyl sites for hydroxylation is 1. The standard InChI is InChI=1S/C21H14B4F3N3O3/c22-13-12(14(23)16(25)17(28)15(13)24)19-7(8-3-6(26)4-9(27)18(8)31-19)1-2-11(33)30-20-10(32)5-29-21(20)34/h3-4,10,20,31-32H,1-2,5H2,(H,29,34)(H,30,33)/t10-,20+/m1/s1. The zero-order chi connectivity index (χ0) is 24.9. The Balaban J connectivity index is 1.78. The highest BCUT2D eigenvalue weighted by Gasteiger charge is 2.34. The molecule has 164 valence electrons. The number of H-pyrrole nitrogens is 1. The lowest BCUT2D eigenvalue weighted by atomic mass is 9.66. The summed E-state index contributed by atoms with van der Waals surface area (Å²) in [6.45, 7) is 0.000888. The number of β-amino-alcohol motifs (C(OH)–C–C–N with tert-alkyl or cyclic N) is 1. The highest BCUT2D eigenvalue weighted by molar-refractivity contribution is 6.59. The second-order valence-electron chi connectivity index (χ2n) is 7.99. The van der Waals surface area contributed by atoms with E-state index in [4.69, 9.17) is 31.4 Å². The first-order valence-electron chi connectivity index (χ1n) is 10.2. The molecule has 1 aromatic heterocycles. The molecular weight excluding hydrogens is 442 g/mol. The molecule has 0 aliphatic carbocycles. The first-order valence-corrected chi connectivity index (χ1v) is 10.2. The number of aliphatic hydroxyl groups excluding tert-OH is 1. The molecule has 13 heteroatoms. The van der Waals surface area contributed by atoms with E-state index in [2.05, 4.69) is 15.6 Å². The smallest absolute Gasteiger partial charge is 0.245 e. The van der Waals surface area contributed by atoms with Gasteiger partial charge in [-0.25, -0.2) is 13.2 Å².